The number of rotatable bonds is 4. The molecule has 0 spiro atoms. The number of benzene rings is 1. The van der Waals surface area contributed by atoms with Crippen LogP contribution < -0.4 is 0 Å². The third-order valence-electron chi connectivity index (χ3n) is 5.19. The summed E-state index contributed by atoms with van der Waals surface area (Å²) in [6, 6.07) is 6.29. The number of aromatic nitrogens is 1. The van der Waals surface area contributed by atoms with E-state index in [4.69, 9.17) is 5.11 Å². The topological polar surface area (TPSA) is 73.7 Å². The van der Waals surface area contributed by atoms with Crippen LogP contribution >= 0.6 is 0 Å². The molecule has 3 rings (SSSR count). The number of carboxylic acid groups (broad SMARTS) is 1. The molecule has 27 heavy (non-hydrogen) atoms. The van der Waals surface area contributed by atoms with Crippen LogP contribution in [0.25, 0.3) is 10.9 Å². The molecule has 0 aliphatic carbocycles. The Morgan fingerprint density at radius 2 is 2.07 bits per heavy atom. The summed E-state index contributed by atoms with van der Waals surface area (Å²) in [6.45, 7) is 2.98. The average molecular weight is 373 g/mol. The molecule has 1 atom stereocenters. The van der Waals surface area contributed by atoms with Crippen LogP contribution in [0.15, 0.2) is 24.3 Å². The predicted octanol–water partition coefficient (Wildman–Crippen LogP) is 2.69. The molecule has 1 saturated heterocycles. The Balaban J connectivity index is 1.76. The van der Waals surface area contributed by atoms with Crippen molar-refractivity contribution >= 4 is 22.8 Å². The van der Waals surface area contributed by atoms with Crippen LogP contribution in [0.2, 0.25) is 0 Å². The van der Waals surface area contributed by atoms with Crippen LogP contribution in [-0.4, -0.2) is 64.5 Å². The van der Waals surface area contributed by atoms with Gasteiger partial charge in [0.2, 0.25) is 0 Å². The zero-order valence-electron chi connectivity index (χ0n) is 15.6. The van der Waals surface area contributed by atoms with E-state index in [-0.39, 0.29) is 24.3 Å². The number of fused-ring (bicyclic) bond motifs is 1. The summed E-state index contributed by atoms with van der Waals surface area (Å²) in [4.78, 5) is 32.0. The molecular formula is C20H24FN3O3. The average Bonchev–Trinajstić information content (AvgIpc) is 2.86. The van der Waals surface area contributed by atoms with Gasteiger partial charge in [-0.15, -0.1) is 0 Å². The standard InChI is InChI=1S/C20H24FN3O3/c1-13-17(10-14-5-6-15(21)11-18(14)22-13)20(27)24-8-3-4-16(7-9-24)23(2)12-19(25)26/h5-6,10-11,16H,3-4,7-9,12H2,1-2H3,(H,25,26)/t16-/m1/s1. The van der Waals surface area contributed by atoms with Gasteiger partial charge >= 0.3 is 5.97 Å². The summed E-state index contributed by atoms with van der Waals surface area (Å²) >= 11 is 0. The van der Waals surface area contributed by atoms with Crippen molar-refractivity contribution < 1.29 is 19.1 Å². The number of nitrogens with zero attached hydrogens (tertiary/aromatic N) is 3. The minimum absolute atomic E-state index is 0.00285. The highest BCUT2D eigenvalue weighted by Gasteiger charge is 2.25. The maximum atomic E-state index is 13.4. The number of halogens is 1. The second-order valence-corrected chi connectivity index (χ2v) is 7.14. The first-order chi connectivity index (χ1) is 12.8. The van der Waals surface area contributed by atoms with Crippen LogP contribution in [0.1, 0.15) is 35.3 Å². The van der Waals surface area contributed by atoms with E-state index in [0.717, 1.165) is 24.6 Å². The molecule has 144 valence electrons. The molecule has 0 bridgehead atoms. The van der Waals surface area contributed by atoms with E-state index in [1.54, 1.807) is 19.1 Å². The van der Waals surface area contributed by atoms with E-state index in [0.29, 0.717) is 29.9 Å². The Kier molecular flexibility index (Phi) is 5.70. The number of carboxylic acids is 1. The molecule has 2 aromatic rings. The quantitative estimate of drug-likeness (QED) is 0.892. The van der Waals surface area contributed by atoms with Crippen molar-refractivity contribution in [3.63, 3.8) is 0 Å². The van der Waals surface area contributed by atoms with Crippen molar-refractivity contribution in [3.05, 3.63) is 41.3 Å². The van der Waals surface area contributed by atoms with Crippen molar-refractivity contribution in [2.45, 2.75) is 32.2 Å². The van der Waals surface area contributed by atoms with Gasteiger partial charge in [-0.3, -0.25) is 19.5 Å². The number of amides is 1. The number of carbonyl (C=O) groups excluding carboxylic acids is 1. The Morgan fingerprint density at radius 1 is 1.30 bits per heavy atom. The van der Waals surface area contributed by atoms with E-state index in [1.165, 1.54) is 12.1 Å². The monoisotopic (exact) mass is 373 g/mol. The second kappa shape index (κ2) is 8.00. The van der Waals surface area contributed by atoms with Gasteiger partial charge in [0.15, 0.2) is 0 Å². The van der Waals surface area contributed by atoms with Gasteiger partial charge in [-0.25, -0.2) is 4.39 Å². The largest absolute Gasteiger partial charge is 0.480 e. The molecule has 0 radical (unpaired) electrons. The molecule has 2 heterocycles. The zero-order valence-corrected chi connectivity index (χ0v) is 15.6. The number of hydrogen-bond acceptors (Lipinski definition) is 4. The van der Waals surface area contributed by atoms with E-state index < -0.39 is 5.97 Å². The fraction of sp³-hybridized carbons (Fsp3) is 0.450. The molecule has 1 fully saturated rings. The van der Waals surface area contributed by atoms with Crippen molar-refractivity contribution in [3.8, 4) is 0 Å². The molecule has 0 unspecified atom stereocenters. The maximum absolute atomic E-state index is 13.4. The summed E-state index contributed by atoms with van der Waals surface area (Å²) < 4.78 is 13.4. The molecule has 1 aromatic carbocycles. The molecule has 7 heteroatoms. The highest BCUT2D eigenvalue weighted by atomic mass is 19.1. The number of carbonyl (C=O) groups is 2. The molecule has 1 aliphatic heterocycles. The first kappa shape index (κ1) is 19.2. The number of aryl methyl sites for hydroxylation is 1. The highest BCUT2D eigenvalue weighted by Crippen LogP contribution is 2.22. The molecule has 1 amide bonds. The second-order valence-electron chi connectivity index (χ2n) is 7.14. The fourth-order valence-electron chi connectivity index (χ4n) is 3.69. The molecule has 1 aliphatic rings. The number of aliphatic carboxylic acids is 1. The van der Waals surface area contributed by atoms with E-state index in [1.807, 2.05) is 16.8 Å². The lowest BCUT2D eigenvalue weighted by Crippen LogP contribution is -2.37. The normalized spacial score (nSPS) is 17.9. The molecule has 1 N–H and O–H groups in total. The Bertz CT molecular complexity index is 871. The Hall–Kier alpha value is -2.54. The van der Waals surface area contributed by atoms with Crippen molar-refractivity contribution in [1.82, 2.24) is 14.8 Å². The fourth-order valence-corrected chi connectivity index (χ4v) is 3.69. The summed E-state index contributed by atoms with van der Waals surface area (Å²) in [5.74, 6) is -1.27. The van der Waals surface area contributed by atoms with Crippen LogP contribution in [0.3, 0.4) is 0 Å². The molecule has 0 saturated carbocycles. The maximum Gasteiger partial charge on any atom is 0.317 e. The minimum atomic E-state index is -0.844. The highest BCUT2D eigenvalue weighted by molar-refractivity contribution is 5.98. The third-order valence-corrected chi connectivity index (χ3v) is 5.19. The van der Waals surface area contributed by atoms with Crippen LogP contribution in [0.5, 0.6) is 0 Å². The number of hydrogen-bond donors (Lipinski definition) is 1. The van der Waals surface area contributed by atoms with Gasteiger partial charge in [-0.2, -0.15) is 0 Å². The Labute approximate surface area is 157 Å². The summed E-state index contributed by atoms with van der Waals surface area (Å²) in [5, 5.41) is 9.71. The lowest BCUT2D eigenvalue weighted by atomic mass is 10.1. The molecular weight excluding hydrogens is 349 g/mol. The number of likely N-dealkylation sites (N-methyl/N-ethyl adjacent to an activating group) is 1. The first-order valence-electron chi connectivity index (χ1n) is 9.13. The minimum Gasteiger partial charge on any atom is -0.480 e. The molecule has 1 aromatic heterocycles. The van der Waals surface area contributed by atoms with Gasteiger partial charge in [0.25, 0.3) is 5.91 Å². The van der Waals surface area contributed by atoms with Gasteiger partial charge in [0, 0.05) is 30.6 Å². The van der Waals surface area contributed by atoms with E-state index in [2.05, 4.69) is 4.98 Å². The third kappa shape index (κ3) is 4.42. The number of pyridine rings is 1. The van der Waals surface area contributed by atoms with Gasteiger partial charge < -0.3 is 10.0 Å². The smallest absolute Gasteiger partial charge is 0.317 e. The van der Waals surface area contributed by atoms with Gasteiger partial charge in [0.1, 0.15) is 5.82 Å². The number of likely N-dealkylation sites (tertiary alicyclic amines) is 1. The first-order valence-corrected chi connectivity index (χ1v) is 9.13. The van der Waals surface area contributed by atoms with Crippen molar-refractivity contribution in [2.75, 3.05) is 26.7 Å². The SMILES string of the molecule is Cc1nc2cc(F)ccc2cc1C(=O)N1CCC[C@@H](N(C)CC(=O)O)CC1. The van der Waals surface area contributed by atoms with Crippen molar-refractivity contribution in [2.24, 2.45) is 0 Å². The van der Waals surface area contributed by atoms with E-state index in [9.17, 15) is 14.0 Å². The van der Waals surface area contributed by atoms with E-state index >= 15 is 0 Å². The lowest BCUT2D eigenvalue weighted by molar-refractivity contribution is -0.138. The molecule has 6 nitrogen and oxygen atoms in total. The summed E-state index contributed by atoms with van der Waals surface area (Å²) in [5.41, 5.74) is 1.66. The van der Waals surface area contributed by atoms with Crippen LogP contribution in [0.4, 0.5) is 4.39 Å². The van der Waals surface area contributed by atoms with Crippen molar-refractivity contribution in [1.29, 1.82) is 0 Å². The predicted molar refractivity (Wildman–Crippen MR) is 100 cm³/mol. The van der Waals surface area contributed by atoms with Crippen LogP contribution in [-0.2, 0) is 4.79 Å². The Morgan fingerprint density at radius 3 is 2.81 bits per heavy atom. The zero-order chi connectivity index (χ0) is 19.6. The van der Waals surface area contributed by atoms with Crippen LogP contribution in [0, 0.1) is 12.7 Å². The van der Waals surface area contributed by atoms with Gasteiger partial charge in [-0.1, -0.05) is 0 Å². The van der Waals surface area contributed by atoms with Gasteiger partial charge in [0.05, 0.1) is 23.3 Å². The van der Waals surface area contributed by atoms with Gasteiger partial charge in [-0.05, 0) is 51.4 Å². The summed E-state index contributed by atoms with van der Waals surface area (Å²) in [6.07, 6.45) is 2.42. The summed E-state index contributed by atoms with van der Waals surface area (Å²) in [7, 11) is 1.81. The lowest BCUT2D eigenvalue weighted by Gasteiger charge is -2.25.